The molecule has 1 aromatic rings. The molecule has 0 amide bonds. The summed E-state index contributed by atoms with van der Waals surface area (Å²) in [5, 5.41) is 3.60. The predicted molar refractivity (Wildman–Crippen MR) is 80.9 cm³/mol. The van der Waals surface area contributed by atoms with E-state index in [2.05, 4.69) is 78.0 Å². The van der Waals surface area contributed by atoms with E-state index in [1.165, 1.54) is 11.1 Å². The first-order valence-corrected chi connectivity index (χ1v) is 6.93. The van der Waals surface area contributed by atoms with Crippen LogP contribution in [0.1, 0.15) is 65.6 Å². The van der Waals surface area contributed by atoms with Crippen molar-refractivity contribution in [2.24, 2.45) is 5.41 Å². The van der Waals surface area contributed by atoms with Crippen LogP contribution in [0.3, 0.4) is 0 Å². The highest BCUT2D eigenvalue weighted by molar-refractivity contribution is 5.25. The van der Waals surface area contributed by atoms with Crippen molar-refractivity contribution >= 4 is 0 Å². The van der Waals surface area contributed by atoms with E-state index in [0.717, 1.165) is 6.42 Å². The fraction of sp³-hybridized carbons (Fsp3) is 0.647. The van der Waals surface area contributed by atoms with Crippen molar-refractivity contribution in [2.45, 2.75) is 66.5 Å². The van der Waals surface area contributed by atoms with Gasteiger partial charge in [0, 0.05) is 11.6 Å². The molecule has 0 aliphatic heterocycles. The van der Waals surface area contributed by atoms with Gasteiger partial charge >= 0.3 is 0 Å². The molecule has 0 heterocycles. The van der Waals surface area contributed by atoms with Crippen molar-refractivity contribution in [1.29, 1.82) is 0 Å². The molecule has 0 unspecified atom stereocenters. The lowest BCUT2D eigenvalue weighted by molar-refractivity contribution is 0.378. The standard InChI is InChI=1S/C17H29N/c1-13(18-17(5,6)7)15-10-8-14(9-11-15)12-16(2,3)4/h8-11,13,18H,12H2,1-7H3/t13-/m1/s1. The van der Waals surface area contributed by atoms with Gasteiger partial charge in [0.1, 0.15) is 0 Å². The summed E-state index contributed by atoms with van der Waals surface area (Å²) in [5.74, 6) is 0. The lowest BCUT2D eigenvalue weighted by atomic mass is 9.87. The molecular weight excluding hydrogens is 218 g/mol. The maximum Gasteiger partial charge on any atom is 0.0296 e. The molecular formula is C17H29N. The fourth-order valence-corrected chi connectivity index (χ4v) is 2.27. The minimum Gasteiger partial charge on any atom is -0.306 e. The Hall–Kier alpha value is -0.820. The first-order valence-electron chi connectivity index (χ1n) is 6.93. The van der Waals surface area contributed by atoms with Gasteiger partial charge in [-0.2, -0.15) is 0 Å². The van der Waals surface area contributed by atoms with Crippen molar-refractivity contribution in [1.82, 2.24) is 5.32 Å². The highest BCUT2D eigenvalue weighted by atomic mass is 15.0. The van der Waals surface area contributed by atoms with Gasteiger partial charge in [-0.1, -0.05) is 45.0 Å². The molecule has 1 rings (SSSR count). The molecule has 1 N–H and O–H groups in total. The molecule has 1 aromatic carbocycles. The Bertz CT molecular complexity index is 362. The molecule has 0 spiro atoms. The van der Waals surface area contributed by atoms with Crippen LogP contribution in [0.25, 0.3) is 0 Å². The third-order valence-corrected chi connectivity index (χ3v) is 2.86. The molecule has 0 aliphatic rings. The van der Waals surface area contributed by atoms with Gasteiger partial charge in [0.15, 0.2) is 0 Å². The molecule has 1 nitrogen and oxygen atoms in total. The maximum atomic E-state index is 3.60. The van der Waals surface area contributed by atoms with Crippen LogP contribution in [0.2, 0.25) is 0 Å². The first-order chi connectivity index (χ1) is 8.07. The van der Waals surface area contributed by atoms with Gasteiger partial charge in [-0.3, -0.25) is 0 Å². The Morgan fingerprint density at radius 3 is 1.83 bits per heavy atom. The average molecular weight is 247 g/mol. The molecule has 0 saturated carbocycles. The van der Waals surface area contributed by atoms with Crippen LogP contribution in [0.5, 0.6) is 0 Å². The highest BCUT2D eigenvalue weighted by Gasteiger charge is 2.15. The highest BCUT2D eigenvalue weighted by Crippen LogP contribution is 2.22. The molecule has 1 atom stereocenters. The summed E-state index contributed by atoms with van der Waals surface area (Å²) >= 11 is 0. The second-order valence-corrected chi connectivity index (χ2v) is 7.60. The normalized spacial score (nSPS) is 14.6. The molecule has 0 aliphatic carbocycles. The van der Waals surface area contributed by atoms with Crippen molar-refractivity contribution < 1.29 is 0 Å². The monoisotopic (exact) mass is 247 g/mol. The van der Waals surface area contributed by atoms with E-state index < -0.39 is 0 Å². The minimum absolute atomic E-state index is 0.156. The van der Waals surface area contributed by atoms with E-state index in [1.807, 2.05) is 0 Å². The van der Waals surface area contributed by atoms with Gasteiger partial charge in [0.2, 0.25) is 0 Å². The Morgan fingerprint density at radius 1 is 0.944 bits per heavy atom. The predicted octanol–water partition coefficient (Wildman–Crippen LogP) is 4.72. The number of rotatable bonds is 3. The molecule has 0 saturated heterocycles. The smallest absolute Gasteiger partial charge is 0.0296 e. The summed E-state index contributed by atoms with van der Waals surface area (Å²) in [4.78, 5) is 0. The van der Waals surface area contributed by atoms with E-state index in [9.17, 15) is 0 Å². The molecule has 0 bridgehead atoms. The van der Waals surface area contributed by atoms with Crippen LogP contribution in [0, 0.1) is 5.41 Å². The number of hydrogen-bond donors (Lipinski definition) is 1. The van der Waals surface area contributed by atoms with Gasteiger partial charge < -0.3 is 5.32 Å². The van der Waals surface area contributed by atoms with Crippen molar-refractivity contribution in [3.05, 3.63) is 35.4 Å². The average Bonchev–Trinajstić information content (AvgIpc) is 2.13. The fourth-order valence-electron chi connectivity index (χ4n) is 2.27. The summed E-state index contributed by atoms with van der Waals surface area (Å²) < 4.78 is 0. The molecule has 102 valence electrons. The first kappa shape index (κ1) is 15.2. The van der Waals surface area contributed by atoms with Gasteiger partial charge in [0.25, 0.3) is 0 Å². The lowest BCUT2D eigenvalue weighted by Crippen LogP contribution is -2.37. The van der Waals surface area contributed by atoms with Gasteiger partial charge in [0.05, 0.1) is 0 Å². The van der Waals surface area contributed by atoms with E-state index in [-0.39, 0.29) is 5.54 Å². The lowest BCUT2D eigenvalue weighted by Gasteiger charge is -2.26. The number of benzene rings is 1. The SMILES string of the molecule is C[C@@H](NC(C)(C)C)c1ccc(CC(C)(C)C)cc1. The topological polar surface area (TPSA) is 12.0 Å². The summed E-state index contributed by atoms with van der Waals surface area (Å²) in [7, 11) is 0. The van der Waals surface area contributed by atoms with Gasteiger partial charge in [-0.25, -0.2) is 0 Å². The van der Waals surface area contributed by atoms with Crippen LogP contribution in [0.15, 0.2) is 24.3 Å². The van der Waals surface area contributed by atoms with Crippen LogP contribution in [-0.2, 0) is 6.42 Å². The third-order valence-electron chi connectivity index (χ3n) is 2.86. The van der Waals surface area contributed by atoms with E-state index in [0.29, 0.717) is 11.5 Å². The van der Waals surface area contributed by atoms with E-state index in [4.69, 9.17) is 0 Å². The number of hydrogen-bond acceptors (Lipinski definition) is 1. The van der Waals surface area contributed by atoms with Crippen LogP contribution in [0.4, 0.5) is 0 Å². The van der Waals surface area contributed by atoms with Gasteiger partial charge in [-0.05, 0) is 50.7 Å². The largest absolute Gasteiger partial charge is 0.306 e. The zero-order chi connectivity index (χ0) is 14.0. The van der Waals surface area contributed by atoms with Crippen molar-refractivity contribution in [2.75, 3.05) is 0 Å². The molecule has 18 heavy (non-hydrogen) atoms. The Kier molecular flexibility index (Phi) is 4.61. The quantitative estimate of drug-likeness (QED) is 0.814. The second-order valence-electron chi connectivity index (χ2n) is 7.60. The second kappa shape index (κ2) is 5.44. The molecule has 0 radical (unpaired) electrons. The molecule has 0 fully saturated rings. The zero-order valence-corrected chi connectivity index (χ0v) is 13.1. The maximum absolute atomic E-state index is 3.60. The number of nitrogens with one attached hydrogen (secondary N) is 1. The summed E-state index contributed by atoms with van der Waals surface area (Å²) in [5.41, 5.74) is 3.30. The Balaban J connectivity index is 2.71. The van der Waals surface area contributed by atoms with E-state index >= 15 is 0 Å². The van der Waals surface area contributed by atoms with Crippen LogP contribution in [-0.4, -0.2) is 5.54 Å². The Morgan fingerprint density at radius 2 is 1.44 bits per heavy atom. The van der Waals surface area contributed by atoms with Crippen molar-refractivity contribution in [3.63, 3.8) is 0 Å². The molecule has 1 heteroatoms. The van der Waals surface area contributed by atoms with Crippen LogP contribution >= 0.6 is 0 Å². The van der Waals surface area contributed by atoms with Crippen molar-refractivity contribution in [3.8, 4) is 0 Å². The minimum atomic E-state index is 0.156. The Labute approximate surface area is 113 Å². The summed E-state index contributed by atoms with van der Waals surface area (Å²) in [6.07, 6.45) is 1.13. The summed E-state index contributed by atoms with van der Waals surface area (Å²) in [6, 6.07) is 9.44. The molecule has 0 aromatic heterocycles. The van der Waals surface area contributed by atoms with Gasteiger partial charge in [-0.15, -0.1) is 0 Å². The third kappa shape index (κ3) is 5.68. The van der Waals surface area contributed by atoms with Crippen LogP contribution < -0.4 is 5.32 Å². The zero-order valence-electron chi connectivity index (χ0n) is 13.1. The van der Waals surface area contributed by atoms with E-state index in [1.54, 1.807) is 0 Å². The summed E-state index contributed by atoms with van der Waals surface area (Å²) in [6.45, 7) is 15.7.